The van der Waals surface area contributed by atoms with Crippen LogP contribution in [0.5, 0.6) is 0 Å². The number of hydrogen-bond acceptors (Lipinski definition) is 4. The Morgan fingerprint density at radius 1 is 1.42 bits per heavy atom. The summed E-state index contributed by atoms with van der Waals surface area (Å²) < 4.78 is 5.31. The minimum Gasteiger partial charge on any atom is -0.389 e. The van der Waals surface area contributed by atoms with Crippen LogP contribution in [0.15, 0.2) is 30.5 Å². The molecule has 2 N–H and O–H groups in total. The fourth-order valence-electron chi connectivity index (χ4n) is 3.21. The van der Waals surface area contributed by atoms with Crippen LogP contribution < -0.4 is 0 Å². The zero-order valence-electron chi connectivity index (χ0n) is 13.9. The minimum absolute atomic E-state index is 0.224. The van der Waals surface area contributed by atoms with Crippen LogP contribution in [0.4, 0.5) is 0 Å². The first-order valence-corrected chi connectivity index (χ1v) is 8.86. The highest BCUT2D eigenvalue weighted by molar-refractivity contribution is 6.30. The number of benzene rings is 1. The second kappa shape index (κ2) is 8.12. The SMILES string of the molecule is CCOC[C@H](O)CN1CCC[C@@H]1c1ncc(-c2ccc(Cl)cc2)[nH]1. The molecule has 0 amide bonds. The van der Waals surface area contributed by atoms with Crippen molar-refractivity contribution in [1.82, 2.24) is 14.9 Å². The van der Waals surface area contributed by atoms with Crippen molar-refractivity contribution in [3.05, 3.63) is 41.3 Å². The largest absolute Gasteiger partial charge is 0.389 e. The van der Waals surface area contributed by atoms with Crippen LogP contribution in [0.25, 0.3) is 11.3 Å². The lowest BCUT2D eigenvalue weighted by molar-refractivity contribution is 0.0181. The number of aromatic nitrogens is 2. The van der Waals surface area contributed by atoms with Gasteiger partial charge in [0.1, 0.15) is 5.82 Å². The van der Waals surface area contributed by atoms with Crippen molar-refractivity contribution in [3.63, 3.8) is 0 Å². The van der Waals surface area contributed by atoms with Crippen molar-refractivity contribution in [2.24, 2.45) is 0 Å². The zero-order chi connectivity index (χ0) is 16.9. The van der Waals surface area contributed by atoms with Crippen LogP contribution in [-0.2, 0) is 4.74 Å². The number of aromatic amines is 1. The van der Waals surface area contributed by atoms with E-state index in [1.165, 1.54) is 0 Å². The van der Waals surface area contributed by atoms with E-state index < -0.39 is 6.10 Å². The van der Waals surface area contributed by atoms with Crippen LogP contribution in [-0.4, -0.2) is 52.4 Å². The molecule has 0 unspecified atom stereocenters. The number of aliphatic hydroxyl groups excluding tert-OH is 1. The Balaban J connectivity index is 1.68. The molecule has 3 rings (SSSR count). The summed E-state index contributed by atoms with van der Waals surface area (Å²) in [4.78, 5) is 10.3. The Kier molecular flexibility index (Phi) is 5.89. The number of rotatable bonds is 7. The molecule has 0 saturated carbocycles. The summed E-state index contributed by atoms with van der Waals surface area (Å²) in [5, 5.41) is 10.8. The molecule has 1 aliphatic rings. The monoisotopic (exact) mass is 349 g/mol. The number of aliphatic hydroxyl groups is 1. The summed E-state index contributed by atoms with van der Waals surface area (Å²) in [6.07, 6.45) is 3.57. The standard InChI is InChI=1S/C18H24ClN3O2/c1-2-24-12-15(23)11-22-9-3-4-17(22)18-20-10-16(21-18)13-5-7-14(19)8-6-13/h5-8,10,15,17,23H,2-4,9,11-12H2,1H3,(H,20,21)/t15-,17-/m1/s1. The summed E-state index contributed by atoms with van der Waals surface area (Å²) in [5.41, 5.74) is 2.06. The molecule has 130 valence electrons. The number of likely N-dealkylation sites (tertiary alicyclic amines) is 1. The van der Waals surface area contributed by atoms with Gasteiger partial charge in [0.05, 0.1) is 30.6 Å². The van der Waals surface area contributed by atoms with Gasteiger partial charge in [0.25, 0.3) is 0 Å². The summed E-state index contributed by atoms with van der Waals surface area (Å²) in [6, 6.07) is 7.95. The number of H-pyrrole nitrogens is 1. The van der Waals surface area contributed by atoms with Crippen molar-refractivity contribution in [1.29, 1.82) is 0 Å². The van der Waals surface area contributed by atoms with Gasteiger partial charge in [-0.2, -0.15) is 0 Å². The van der Waals surface area contributed by atoms with Crippen molar-refractivity contribution in [3.8, 4) is 11.3 Å². The molecule has 2 atom stereocenters. The van der Waals surface area contributed by atoms with Gasteiger partial charge in [-0.05, 0) is 44.0 Å². The molecule has 1 aliphatic heterocycles. The van der Waals surface area contributed by atoms with E-state index in [4.69, 9.17) is 16.3 Å². The third-order valence-corrected chi connectivity index (χ3v) is 4.64. The molecular formula is C18H24ClN3O2. The molecule has 24 heavy (non-hydrogen) atoms. The van der Waals surface area contributed by atoms with Crippen LogP contribution >= 0.6 is 11.6 Å². The normalized spacial score (nSPS) is 19.7. The highest BCUT2D eigenvalue weighted by Gasteiger charge is 2.29. The summed E-state index contributed by atoms with van der Waals surface area (Å²) in [5.74, 6) is 0.959. The number of hydrogen-bond donors (Lipinski definition) is 2. The summed E-state index contributed by atoms with van der Waals surface area (Å²) >= 11 is 5.95. The lowest BCUT2D eigenvalue weighted by Crippen LogP contribution is -2.35. The summed E-state index contributed by atoms with van der Waals surface area (Å²) in [6.45, 7) is 4.54. The molecule has 1 fully saturated rings. The Hall–Kier alpha value is -1.40. The Bertz CT molecular complexity index is 644. The molecule has 2 heterocycles. The average molecular weight is 350 g/mol. The van der Waals surface area contributed by atoms with Gasteiger partial charge < -0.3 is 14.8 Å². The maximum atomic E-state index is 10.1. The Morgan fingerprint density at radius 2 is 2.21 bits per heavy atom. The molecule has 1 aromatic heterocycles. The lowest BCUT2D eigenvalue weighted by atomic mass is 10.2. The molecule has 0 bridgehead atoms. The van der Waals surface area contributed by atoms with Gasteiger partial charge in [0, 0.05) is 18.2 Å². The van der Waals surface area contributed by atoms with Gasteiger partial charge in [0.2, 0.25) is 0 Å². The maximum absolute atomic E-state index is 10.1. The smallest absolute Gasteiger partial charge is 0.123 e. The number of ether oxygens (including phenoxy) is 1. The van der Waals surface area contributed by atoms with Crippen molar-refractivity contribution < 1.29 is 9.84 Å². The van der Waals surface area contributed by atoms with E-state index in [1.54, 1.807) is 0 Å². The van der Waals surface area contributed by atoms with Gasteiger partial charge in [-0.3, -0.25) is 4.90 Å². The van der Waals surface area contributed by atoms with E-state index >= 15 is 0 Å². The molecular weight excluding hydrogens is 326 g/mol. The number of nitrogens with zero attached hydrogens (tertiary/aromatic N) is 2. The van der Waals surface area contributed by atoms with Crippen molar-refractivity contribution >= 4 is 11.6 Å². The predicted molar refractivity (Wildman–Crippen MR) is 95.1 cm³/mol. The third kappa shape index (κ3) is 4.16. The number of halogens is 1. The van der Waals surface area contributed by atoms with Gasteiger partial charge in [-0.25, -0.2) is 4.98 Å². The van der Waals surface area contributed by atoms with E-state index in [2.05, 4.69) is 14.9 Å². The topological polar surface area (TPSA) is 61.4 Å². The molecule has 0 radical (unpaired) electrons. The first-order chi connectivity index (χ1) is 11.7. The Morgan fingerprint density at radius 3 is 2.96 bits per heavy atom. The van der Waals surface area contributed by atoms with E-state index in [1.807, 2.05) is 37.4 Å². The third-order valence-electron chi connectivity index (χ3n) is 4.39. The molecule has 0 aliphatic carbocycles. The van der Waals surface area contributed by atoms with Crippen LogP contribution in [0.1, 0.15) is 31.6 Å². The van der Waals surface area contributed by atoms with Crippen molar-refractivity contribution in [2.45, 2.75) is 31.9 Å². The van der Waals surface area contributed by atoms with E-state index in [9.17, 15) is 5.11 Å². The van der Waals surface area contributed by atoms with E-state index in [0.717, 1.165) is 41.5 Å². The molecule has 1 saturated heterocycles. The average Bonchev–Trinajstić information content (AvgIpc) is 3.22. The second-order valence-corrected chi connectivity index (χ2v) is 6.59. The lowest BCUT2D eigenvalue weighted by Gasteiger charge is -2.25. The van der Waals surface area contributed by atoms with Crippen molar-refractivity contribution in [2.75, 3.05) is 26.3 Å². The number of nitrogens with one attached hydrogen (secondary N) is 1. The number of imidazole rings is 1. The summed E-state index contributed by atoms with van der Waals surface area (Å²) in [7, 11) is 0. The van der Waals surface area contributed by atoms with Crippen LogP contribution in [0.3, 0.4) is 0 Å². The Labute approximate surface area is 147 Å². The fourth-order valence-corrected chi connectivity index (χ4v) is 3.34. The fraction of sp³-hybridized carbons (Fsp3) is 0.500. The first-order valence-electron chi connectivity index (χ1n) is 8.48. The van der Waals surface area contributed by atoms with Crippen LogP contribution in [0, 0.1) is 0 Å². The second-order valence-electron chi connectivity index (χ2n) is 6.16. The molecule has 2 aromatic rings. The molecule has 6 heteroatoms. The first kappa shape index (κ1) is 17.4. The van der Waals surface area contributed by atoms with Crippen LogP contribution in [0.2, 0.25) is 5.02 Å². The maximum Gasteiger partial charge on any atom is 0.123 e. The van der Waals surface area contributed by atoms with Gasteiger partial charge in [0.15, 0.2) is 0 Å². The molecule has 0 spiro atoms. The highest BCUT2D eigenvalue weighted by atomic mass is 35.5. The quantitative estimate of drug-likeness (QED) is 0.805. The minimum atomic E-state index is -0.462. The highest BCUT2D eigenvalue weighted by Crippen LogP contribution is 2.31. The van der Waals surface area contributed by atoms with Gasteiger partial charge in [-0.1, -0.05) is 23.7 Å². The predicted octanol–water partition coefficient (Wildman–Crippen LogP) is 3.26. The molecule has 1 aromatic carbocycles. The number of β-amino-alcohol motifs (C(OH)–C–C–N with tert-alkyl or cyclic N) is 1. The zero-order valence-corrected chi connectivity index (χ0v) is 14.7. The molecule has 5 nitrogen and oxygen atoms in total. The van der Waals surface area contributed by atoms with Gasteiger partial charge in [-0.15, -0.1) is 0 Å². The van der Waals surface area contributed by atoms with Gasteiger partial charge >= 0.3 is 0 Å². The van der Waals surface area contributed by atoms with E-state index in [0.29, 0.717) is 19.8 Å². The van der Waals surface area contributed by atoms with E-state index in [-0.39, 0.29) is 6.04 Å².